The van der Waals surface area contributed by atoms with Gasteiger partial charge in [-0.15, -0.1) is 0 Å². The van der Waals surface area contributed by atoms with Crippen LogP contribution in [0.15, 0.2) is 72.8 Å². The number of esters is 1. The van der Waals surface area contributed by atoms with E-state index in [1.54, 1.807) is 0 Å². The van der Waals surface area contributed by atoms with Gasteiger partial charge in [0.15, 0.2) is 0 Å². The molecule has 2 saturated carbocycles. The van der Waals surface area contributed by atoms with Crippen molar-refractivity contribution in [3.8, 4) is 11.5 Å². The lowest BCUT2D eigenvalue weighted by Gasteiger charge is -2.37. The Hall–Kier alpha value is -4.14. The standard InChI is InChI=1S/C29H41NO3.C27H37NO3.2CH4/c1-5-32-28(31)22-14-16-30(17-15-22)20-21-6-7-24-19-27(11-8-23(24)18-21)33-26-12-9-25(10-13-26)29(2,3)4;1-27(2,3)23-7-10-24(11-8-23)31-25-9-6-21-16-19(4-5-22(21)17-25)18-28-14-12-20(13-15-28)26(29)30;;/h6-8,11,18-19,22,25-26H,5,9-10,12-17,20H2,1-4H3;4-6,9,16-17,20,23-24H,7-8,10-15,18H2,1-3H3,(H,29,30);2*1H4. The fraction of sp³-hybridized carbons (Fsp3) is 0.621. The first-order valence-electron chi connectivity index (χ1n) is 24.8. The van der Waals surface area contributed by atoms with E-state index in [4.69, 9.17) is 14.2 Å². The monoisotopic (exact) mass is 907 g/mol. The van der Waals surface area contributed by atoms with E-state index in [1.165, 1.54) is 58.4 Å². The van der Waals surface area contributed by atoms with Crippen molar-refractivity contribution >= 4 is 33.5 Å². The molecule has 0 spiro atoms. The van der Waals surface area contributed by atoms with Gasteiger partial charge in [0.1, 0.15) is 11.5 Å². The van der Waals surface area contributed by atoms with Gasteiger partial charge in [-0.1, -0.05) is 92.8 Å². The number of likely N-dealkylation sites (tertiary alicyclic amines) is 2. The summed E-state index contributed by atoms with van der Waals surface area (Å²) in [6.45, 7) is 21.9. The number of fused-ring (bicyclic) bond motifs is 2. The molecule has 1 N–H and O–H groups in total. The van der Waals surface area contributed by atoms with E-state index in [-0.39, 0.29) is 32.7 Å². The molecule has 0 unspecified atom stereocenters. The van der Waals surface area contributed by atoms with E-state index in [1.807, 2.05) is 6.92 Å². The van der Waals surface area contributed by atoms with Crippen LogP contribution in [-0.4, -0.2) is 71.8 Å². The zero-order valence-corrected chi connectivity index (χ0v) is 40.2. The van der Waals surface area contributed by atoms with Gasteiger partial charge in [-0.25, -0.2) is 0 Å². The van der Waals surface area contributed by atoms with Crippen molar-refractivity contribution in [1.82, 2.24) is 9.80 Å². The third-order valence-corrected chi connectivity index (χ3v) is 15.1. The topological polar surface area (TPSA) is 88.5 Å². The van der Waals surface area contributed by atoms with Gasteiger partial charge in [-0.05, 0) is 202 Å². The average molecular weight is 907 g/mol. The molecule has 2 aliphatic heterocycles. The van der Waals surface area contributed by atoms with Gasteiger partial charge in [0.05, 0.1) is 30.7 Å². The molecule has 8 rings (SSSR count). The molecule has 0 radical (unpaired) electrons. The van der Waals surface area contributed by atoms with Gasteiger partial charge in [0.25, 0.3) is 0 Å². The number of benzene rings is 4. The number of carbonyl (C=O) groups excluding carboxylic acids is 1. The molecule has 4 aromatic carbocycles. The zero-order chi connectivity index (χ0) is 45.4. The largest absolute Gasteiger partial charge is 0.490 e. The summed E-state index contributed by atoms with van der Waals surface area (Å²) in [6.07, 6.45) is 13.6. The summed E-state index contributed by atoms with van der Waals surface area (Å²) in [5.74, 6) is 2.81. The van der Waals surface area contributed by atoms with Crippen molar-refractivity contribution in [1.29, 1.82) is 0 Å². The molecule has 2 heterocycles. The number of carboxylic acids is 1. The van der Waals surface area contributed by atoms with Crippen molar-refractivity contribution in [2.24, 2.45) is 34.5 Å². The van der Waals surface area contributed by atoms with Crippen LogP contribution in [0.2, 0.25) is 0 Å². The smallest absolute Gasteiger partial charge is 0.309 e. The maximum absolute atomic E-state index is 12.0. The number of ether oxygens (including phenoxy) is 3. The van der Waals surface area contributed by atoms with Crippen LogP contribution in [0.1, 0.15) is 151 Å². The van der Waals surface area contributed by atoms with Crippen LogP contribution in [-0.2, 0) is 27.4 Å². The van der Waals surface area contributed by atoms with Gasteiger partial charge in [0.2, 0.25) is 0 Å². The first-order valence-corrected chi connectivity index (χ1v) is 24.8. The number of hydrogen-bond acceptors (Lipinski definition) is 7. The summed E-state index contributed by atoms with van der Waals surface area (Å²) in [7, 11) is 0. The number of hydrogen-bond donors (Lipinski definition) is 1. The number of aliphatic carboxylic acids is 1. The lowest BCUT2D eigenvalue weighted by molar-refractivity contribution is -0.149. The van der Waals surface area contributed by atoms with E-state index >= 15 is 0 Å². The third-order valence-electron chi connectivity index (χ3n) is 15.1. The number of carbonyl (C=O) groups is 2. The summed E-state index contributed by atoms with van der Waals surface area (Å²) in [5, 5.41) is 14.1. The molecule has 4 aliphatic rings. The second-order valence-corrected chi connectivity index (χ2v) is 21.8. The van der Waals surface area contributed by atoms with E-state index in [0.29, 0.717) is 29.6 Å². The van der Waals surface area contributed by atoms with Gasteiger partial charge in [-0.3, -0.25) is 19.4 Å². The maximum atomic E-state index is 12.0. The molecule has 2 aliphatic carbocycles. The first-order chi connectivity index (χ1) is 30.6. The minimum atomic E-state index is -0.648. The quantitative estimate of drug-likeness (QED) is 0.149. The highest BCUT2D eigenvalue weighted by atomic mass is 16.5. The second-order valence-electron chi connectivity index (χ2n) is 21.8. The molecule has 0 bridgehead atoms. The first kappa shape index (κ1) is 52.8. The van der Waals surface area contributed by atoms with Gasteiger partial charge >= 0.3 is 11.9 Å². The minimum absolute atomic E-state index is 0. The second kappa shape index (κ2) is 23.7. The Kier molecular flexibility index (Phi) is 19.0. The Bertz CT molecular complexity index is 2140. The third kappa shape index (κ3) is 14.7. The molecule has 8 nitrogen and oxygen atoms in total. The molecular formula is C58H86N2O6. The van der Waals surface area contributed by atoms with Gasteiger partial charge < -0.3 is 19.3 Å². The maximum Gasteiger partial charge on any atom is 0.309 e. The van der Waals surface area contributed by atoms with E-state index in [9.17, 15) is 14.7 Å². The van der Waals surface area contributed by atoms with Gasteiger partial charge in [0, 0.05) is 13.1 Å². The predicted molar refractivity (Wildman–Crippen MR) is 273 cm³/mol. The Balaban J connectivity index is 0.000000241. The molecule has 0 aromatic heterocycles. The zero-order valence-electron chi connectivity index (χ0n) is 40.2. The van der Waals surface area contributed by atoms with E-state index in [2.05, 4.69) is 124 Å². The minimum Gasteiger partial charge on any atom is -0.490 e. The lowest BCUT2D eigenvalue weighted by atomic mass is 9.72. The van der Waals surface area contributed by atoms with Crippen LogP contribution in [0.25, 0.3) is 21.5 Å². The summed E-state index contributed by atoms with van der Waals surface area (Å²) in [6, 6.07) is 26.4. The van der Waals surface area contributed by atoms with Crippen LogP contribution in [0, 0.1) is 34.5 Å². The highest BCUT2D eigenvalue weighted by Gasteiger charge is 2.32. The normalized spacial score (nSPS) is 22.6. The molecule has 2 saturated heterocycles. The SMILES string of the molecule is C.C.CC(C)(C)C1CCC(Oc2ccc3cc(CN4CCC(C(=O)O)CC4)ccc3c2)CC1.CCOC(=O)C1CCN(Cc2ccc3cc(OC4CCC(C(C)(C)C)CC4)ccc3c2)CC1. The van der Waals surface area contributed by atoms with Crippen LogP contribution >= 0.6 is 0 Å². The summed E-state index contributed by atoms with van der Waals surface area (Å²) >= 11 is 0. The predicted octanol–water partition coefficient (Wildman–Crippen LogP) is 14.0. The molecule has 0 atom stereocenters. The van der Waals surface area contributed by atoms with Crippen molar-refractivity contribution in [2.75, 3.05) is 32.8 Å². The van der Waals surface area contributed by atoms with Crippen molar-refractivity contribution < 1.29 is 28.9 Å². The summed E-state index contributed by atoms with van der Waals surface area (Å²) in [5.41, 5.74) is 3.42. The average Bonchev–Trinajstić information content (AvgIpc) is 3.27. The molecule has 0 amide bonds. The fourth-order valence-electron chi connectivity index (χ4n) is 10.8. The van der Waals surface area contributed by atoms with Crippen LogP contribution < -0.4 is 9.47 Å². The Morgan fingerprint density at radius 1 is 0.530 bits per heavy atom. The Labute approximate surface area is 399 Å². The van der Waals surface area contributed by atoms with Crippen molar-refractivity contribution in [3.05, 3.63) is 83.9 Å². The molecule has 364 valence electrons. The molecule has 66 heavy (non-hydrogen) atoms. The number of piperidine rings is 2. The number of rotatable bonds is 11. The lowest BCUT2D eigenvalue weighted by Crippen LogP contribution is -2.36. The number of carboxylic acid groups (broad SMARTS) is 1. The summed E-state index contributed by atoms with van der Waals surface area (Å²) < 4.78 is 17.9. The fourth-order valence-corrected chi connectivity index (χ4v) is 10.8. The molecule has 4 aromatic rings. The van der Waals surface area contributed by atoms with Crippen LogP contribution in [0.4, 0.5) is 0 Å². The van der Waals surface area contributed by atoms with Gasteiger partial charge in [-0.2, -0.15) is 0 Å². The van der Waals surface area contributed by atoms with Crippen LogP contribution in [0.3, 0.4) is 0 Å². The highest BCUT2D eigenvalue weighted by Crippen LogP contribution is 2.40. The molecule has 4 fully saturated rings. The number of nitrogens with zero attached hydrogens (tertiary/aromatic N) is 2. The highest BCUT2D eigenvalue weighted by molar-refractivity contribution is 5.85. The van der Waals surface area contributed by atoms with Crippen molar-refractivity contribution in [3.63, 3.8) is 0 Å². The Morgan fingerprint density at radius 3 is 1.26 bits per heavy atom. The summed E-state index contributed by atoms with van der Waals surface area (Å²) in [4.78, 5) is 27.9. The molecule has 8 heteroatoms. The van der Waals surface area contributed by atoms with Crippen LogP contribution in [0.5, 0.6) is 11.5 Å². The Morgan fingerprint density at radius 2 is 0.894 bits per heavy atom. The molecular weight excluding hydrogens is 821 g/mol. The van der Waals surface area contributed by atoms with Crippen molar-refractivity contribution in [2.45, 2.75) is 166 Å². The van der Waals surface area contributed by atoms with E-state index < -0.39 is 5.97 Å². The van der Waals surface area contributed by atoms with E-state index in [0.717, 1.165) is 114 Å².